The van der Waals surface area contributed by atoms with E-state index in [9.17, 15) is 0 Å². The zero-order valence-corrected chi connectivity index (χ0v) is 21.8. The number of hydrogen-bond acceptors (Lipinski definition) is 1. The van der Waals surface area contributed by atoms with Crippen LogP contribution in [0.1, 0.15) is 0 Å². The van der Waals surface area contributed by atoms with Gasteiger partial charge < -0.3 is 9.13 Å². The molecule has 2 nitrogen and oxygen atoms in total. The molecular weight excluding hydrogens is 492 g/mol. The molecule has 182 valence electrons. The van der Waals surface area contributed by atoms with Crippen LogP contribution in [0.25, 0.3) is 75.2 Å². The van der Waals surface area contributed by atoms with E-state index in [2.05, 4.69) is 143 Å². The van der Waals surface area contributed by atoms with Crippen molar-refractivity contribution in [3.05, 3.63) is 133 Å². The van der Waals surface area contributed by atoms with Crippen molar-refractivity contribution < 1.29 is 0 Å². The summed E-state index contributed by atoms with van der Waals surface area (Å²) >= 11 is 1.91. The Morgan fingerprint density at radius 2 is 1.10 bits per heavy atom. The van der Waals surface area contributed by atoms with Crippen LogP contribution in [0.4, 0.5) is 0 Å². The molecule has 0 aliphatic heterocycles. The van der Waals surface area contributed by atoms with E-state index < -0.39 is 0 Å². The summed E-state index contributed by atoms with van der Waals surface area (Å²) in [5.74, 6) is 0. The van der Waals surface area contributed by atoms with Crippen LogP contribution in [0, 0.1) is 0 Å². The Labute approximate surface area is 228 Å². The largest absolute Gasteiger partial charge is 0.309 e. The third kappa shape index (κ3) is 2.91. The van der Waals surface area contributed by atoms with Crippen molar-refractivity contribution in [2.45, 2.75) is 0 Å². The maximum Gasteiger partial charge on any atom is 0.0728 e. The lowest BCUT2D eigenvalue weighted by Crippen LogP contribution is -1.94. The van der Waals surface area contributed by atoms with Gasteiger partial charge in [0.2, 0.25) is 0 Å². The molecule has 39 heavy (non-hydrogen) atoms. The molecule has 0 aliphatic rings. The van der Waals surface area contributed by atoms with Crippen molar-refractivity contribution in [2.24, 2.45) is 0 Å². The van der Waals surface area contributed by atoms with Gasteiger partial charge in [0, 0.05) is 37.6 Å². The van der Waals surface area contributed by atoms with Crippen LogP contribution < -0.4 is 0 Å². The van der Waals surface area contributed by atoms with Gasteiger partial charge in [0.1, 0.15) is 0 Å². The molecule has 0 spiro atoms. The Morgan fingerprint density at radius 1 is 0.410 bits per heavy atom. The van der Waals surface area contributed by atoms with Crippen LogP contribution in [0.5, 0.6) is 0 Å². The first-order chi connectivity index (χ1) is 19.3. The number of para-hydroxylation sites is 3. The quantitative estimate of drug-likeness (QED) is 0.217. The SMILES string of the molecule is c1ccc(-n2c3ccccc3c3sc4cc5c6ccccc6n(-c6ccc7ccccc7c6)c5cc4c32)cc1. The molecule has 0 saturated heterocycles. The number of hydrogen-bond donors (Lipinski definition) is 0. The molecule has 0 bridgehead atoms. The summed E-state index contributed by atoms with van der Waals surface area (Å²) in [5, 5.41) is 7.71. The number of nitrogens with zero attached hydrogens (tertiary/aromatic N) is 2. The van der Waals surface area contributed by atoms with E-state index in [4.69, 9.17) is 0 Å². The first-order valence-corrected chi connectivity index (χ1v) is 14.1. The first kappa shape index (κ1) is 21.1. The summed E-state index contributed by atoms with van der Waals surface area (Å²) in [6.45, 7) is 0. The van der Waals surface area contributed by atoms with Gasteiger partial charge in [-0.3, -0.25) is 0 Å². The molecule has 0 unspecified atom stereocenters. The van der Waals surface area contributed by atoms with Crippen LogP contribution >= 0.6 is 11.3 Å². The molecule has 3 aromatic heterocycles. The van der Waals surface area contributed by atoms with Crippen LogP contribution in [0.15, 0.2) is 133 Å². The van der Waals surface area contributed by atoms with Gasteiger partial charge >= 0.3 is 0 Å². The molecule has 0 amide bonds. The van der Waals surface area contributed by atoms with Crippen molar-refractivity contribution in [1.29, 1.82) is 0 Å². The topological polar surface area (TPSA) is 9.86 Å². The number of benzene rings is 6. The van der Waals surface area contributed by atoms with Crippen molar-refractivity contribution in [2.75, 3.05) is 0 Å². The van der Waals surface area contributed by atoms with Crippen LogP contribution in [0.3, 0.4) is 0 Å². The van der Waals surface area contributed by atoms with Gasteiger partial charge in [-0.1, -0.05) is 84.9 Å². The van der Waals surface area contributed by atoms with E-state index >= 15 is 0 Å². The van der Waals surface area contributed by atoms with Crippen LogP contribution in [-0.2, 0) is 0 Å². The lowest BCUT2D eigenvalue weighted by Gasteiger charge is -2.10. The number of thiophene rings is 1. The molecule has 9 aromatic rings. The molecule has 3 heteroatoms. The van der Waals surface area contributed by atoms with Crippen LogP contribution in [-0.4, -0.2) is 9.13 Å². The smallest absolute Gasteiger partial charge is 0.0728 e. The maximum absolute atomic E-state index is 2.44. The minimum Gasteiger partial charge on any atom is -0.309 e. The third-order valence-electron chi connectivity index (χ3n) is 8.07. The second kappa shape index (κ2) is 7.83. The van der Waals surface area contributed by atoms with Gasteiger partial charge in [0.05, 0.1) is 26.8 Å². The predicted octanol–water partition coefficient (Wildman–Crippen LogP) is 10.2. The van der Waals surface area contributed by atoms with Gasteiger partial charge in [-0.25, -0.2) is 0 Å². The molecule has 6 aromatic carbocycles. The highest BCUT2D eigenvalue weighted by atomic mass is 32.1. The highest BCUT2D eigenvalue weighted by Crippen LogP contribution is 2.45. The second-order valence-electron chi connectivity index (χ2n) is 10.2. The highest BCUT2D eigenvalue weighted by Gasteiger charge is 2.20. The average Bonchev–Trinajstić information content (AvgIpc) is 3.63. The van der Waals surface area contributed by atoms with E-state index in [1.807, 2.05) is 11.3 Å². The van der Waals surface area contributed by atoms with Crippen molar-refractivity contribution in [1.82, 2.24) is 9.13 Å². The Morgan fingerprint density at radius 3 is 1.95 bits per heavy atom. The zero-order chi connectivity index (χ0) is 25.5. The second-order valence-corrected chi connectivity index (χ2v) is 11.3. The predicted molar refractivity (Wildman–Crippen MR) is 168 cm³/mol. The van der Waals surface area contributed by atoms with E-state index in [0.29, 0.717) is 0 Å². The van der Waals surface area contributed by atoms with Crippen molar-refractivity contribution in [3.8, 4) is 11.4 Å². The minimum atomic E-state index is 1.19. The zero-order valence-electron chi connectivity index (χ0n) is 21.0. The Hall–Kier alpha value is -4.86. The number of fused-ring (bicyclic) bond motifs is 9. The molecule has 3 heterocycles. The molecule has 0 radical (unpaired) electrons. The third-order valence-corrected chi connectivity index (χ3v) is 9.25. The Balaban J connectivity index is 1.45. The summed E-state index contributed by atoms with van der Waals surface area (Å²) in [6.07, 6.45) is 0. The normalized spacial score (nSPS) is 12.1. The fourth-order valence-corrected chi connectivity index (χ4v) is 7.61. The lowest BCUT2D eigenvalue weighted by molar-refractivity contribution is 1.18. The summed E-state index contributed by atoms with van der Waals surface area (Å²) in [7, 11) is 0. The van der Waals surface area contributed by atoms with E-state index in [-0.39, 0.29) is 0 Å². The molecule has 0 aliphatic carbocycles. The monoisotopic (exact) mass is 514 g/mol. The Bertz CT molecular complexity index is 2390. The summed E-state index contributed by atoms with van der Waals surface area (Å²) in [6, 6.07) is 48.6. The van der Waals surface area contributed by atoms with E-state index in [1.54, 1.807) is 0 Å². The fourth-order valence-electron chi connectivity index (χ4n) is 6.37. The number of rotatable bonds is 2. The van der Waals surface area contributed by atoms with E-state index in [0.717, 1.165) is 0 Å². The summed E-state index contributed by atoms with van der Waals surface area (Å²) in [4.78, 5) is 0. The summed E-state index contributed by atoms with van der Waals surface area (Å²) < 4.78 is 7.55. The molecule has 0 N–H and O–H groups in total. The van der Waals surface area contributed by atoms with Crippen LogP contribution in [0.2, 0.25) is 0 Å². The lowest BCUT2D eigenvalue weighted by atomic mass is 10.1. The summed E-state index contributed by atoms with van der Waals surface area (Å²) in [5.41, 5.74) is 7.40. The molecular formula is C36H22N2S. The molecule has 0 saturated carbocycles. The maximum atomic E-state index is 2.44. The van der Waals surface area contributed by atoms with Crippen molar-refractivity contribution in [3.63, 3.8) is 0 Å². The average molecular weight is 515 g/mol. The standard InChI is InChI=1S/C36H22N2S/c1-2-12-25(13-3-1)38-32-17-9-7-15-28(32)36-35(38)30-21-33-29(22-34(30)39-36)27-14-6-8-16-31(27)37(33)26-19-18-23-10-4-5-11-24(23)20-26/h1-22H. The molecule has 0 fully saturated rings. The van der Waals surface area contributed by atoms with Gasteiger partial charge in [-0.05, 0) is 59.3 Å². The molecule has 9 rings (SSSR count). The van der Waals surface area contributed by atoms with Crippen molar-refractivity contribution >= 4 is 75.1 Å². The van der Waals surface area contributed by atoms with Gasteiger partial charge in [0.15, 0.2) is 0 Å². The highest BCUT2D eigenvalue weighted by molar-refractivity contribution is 7.26. The van der Waals surface area contributed by atoms with Gasteiger partial charge in [-0.15, -0.1) is 11.3 Å². The molecule has 0 atom stereocenters. The fraction of sp³-hybridized carbons (Fsp3) is 0. The van der Waals surface area contributed by atoms with Gasteiger partial charge in [0.25, 0.3) is 0 Å². The minimum absolute atomic E-state index is 1.19. The number of aromatic nitrogens is 2. The first-order valence-electron chi connectivity index (χ1n) is 13.3. The van der Waals surface area contributed by atoms with Gasteiger partial charge in [-0.2, -0.15) is 0 Å². The van der Waals surface area contributed by atoms with E-state index in [1.165, 1.54) is 75.2 Å². The Kier molecular flexibility index (Phi) is 4.24.